The molecule has 138 valence electrons. The molecule has 0 aliphatic carbocycles. The second kappa shape index (κ2) is 8.42. The number of rotatable bonds is 6. The third-order valence-electron chi connectivity index (χ3n) is 3.78. The zero-order valence-electron chi connectivity index (χ0n) is 14.8. The molecule has 2 aromatic carbocycles. The number of anilines is 3. The molecule has 0 radical (unpaired) electrons. The number of methoxy groups -OCH3 is 2. The summed E-state index contributed by atoms with van der Waals surface area (Å²) in [6.45, 7) is 0. The van der Waals surface area contributed by atoms with E-state index in [-0.39, 0.29) is 11.6 Å². The van der Waals surface area contributed by atoms with Gasteiger partial charge in [0.05, 0.1) is 31.8 Å². The standard InChI is InChI=1S/C20H18ClN3O3/c1-26-16-7-4-14(5-8-16)23-15-6-9-17(22-12-15)20(25)24-18-11-13(21)3-10-19(18)27-2/h3-12,23H,1-2H3,(H,24,25). The summed E-state index contributed by atoms with van der Waals surface area (Å²) in [6, 6.07) is 15.9. The van der Waals surface area contributed by atoms with Gasteiger partial charge in [0.1, 0.15) is 17.2 Å². The van der Waals surface area contributed by atoms with Crippen LogP contribution in [0.2, 0.25) is 5.02 Å². The van der Waals surface area contributed by atoms with Gasteiger partial charge in [0.15, 0.2) is 0 Å². The SMILES string of the molecule is COc1ccc(Nc2ccc(C(=O)Nc3cc(Cl)ccc3OC)nc2)cc1. The van der Waals surface area contributed by atoms with Crippen LogP contribution in [0.1, 0.15) is 10.5 Å². The van der Waals surface area contributed by atoms with Crippen LogP contribution in [-0.2, 0) is 0 Å². The van der Waals surface area contributed by atoms with E-state index in [0.717, 1.165) is 17.1 Å². The second-order valence-electron chi connectivity index (χ2n) is 5.58. The Bertz CT molecular complexity index is 928. The van der Waals surface area contributed by atoms with Gasteiger partial charge < -0.3 is 20.1 Å². The Kier molecular flexibility index (Phi) is 5.78. The number of aromatic nitrogens is 1. The first kappa shape index (κ1) is 18.5. The minimum absolute atomic E-state index is 0.275. The third kappa shape index (κ3) is 4.68. The summed E-state index contributed by atoms with van der Waals surface area (Å²) in [6.07, 6.45) is 1.59. The molecule has 6 nitrogen and oxygen atoms in total. The van der Waals surface area contributed by atoms with E-state index < -0.39 is 0 Å². The van der Waals surface area contributed by atoms with Crippen molar-refractivity contribution in [2.45, 2.75) is 0 Å². The molecular weight excluding hydrogens is 366 g/mol. The van der Waals surface area contributed by atoms with Gasteiger partial charge in [-0.15, -0.1) is 0 Å². The first-order valence-electron chi connectivity index (χ1n) is 8.11. The lowest BCUT2D eigenvalue weighted by Gasteiger charge is -2.11. The molecule has 0 saturated heterocycles. The van der Waals surface area contributed by atoms with E-state index in [1.807, 2.05) is 24.3 Å². The fraction of sp³-hybridized carbons (Fsp3) is 0.100. The number of hydrogen-bond acceptors (Lipinski definition) is 5. The minimum atomic E-state index is -0.355. The molecule has 0 aliphatic rings. The summed E-state index contributed by atoms with van der Waals surface area (Å²) in [4.78, 5) is 16.6. The van der Waals surface area contributed by atoms with E-state index in [2.05, 4.69) is 15.6 Å². The molecular formula is C20H18ClN3O3. The van der Waals surface area contributed by atoms with Crippen LogP contribution in [0.15, 0.2) is 60.8 Å². The van der Waals surface area contributed by atoms with Crippen molar-refractivity contribution >= 4 is 34.6 Å². The Morgan fingerprint density at radius 1 is 0.963 bits per heavy atom. The smallest absolute Gasteiger partial charge is 0.274 e. The summed E-state index contributed by atoms with van der Waals surface area (Å²) in [5.41, 5.74) is 2.41. The van der Waals surface area contributed by atoms with Crippen molar-refractivity contribution in [1.82, 2.24) is 4.98 Å². The fourth-order valence-electron chi connectivity index (χ4n) is 2.41. The average molecular weight is 384 g/mol. The van der Waals surface area contributed by atoms with Crippen LogP contribution in [-0.4, -0.2) is 25.1 Å². The largest absolute Gasteiger partial charge is 0.497 e. The number of benzene rings is 2. The lowest BCUT2D eigenvalue weighted by atomic mass is 10.2. The number of nitrogens with zero attached hydrogens (tertiary/aromatic N) is 1. The molecule has 0 bridgehead atoms. The highest BCUT2D eigenvalue weighted by atomic mass is 35.5. The van der Waals surface area contributed by atoms with Gasteiger partial charge in [-0.1, -0.05) is 11.6 Å². The summed E-state index contributed by atoms with van der Waals surface area (Å²) in [5.74, 6) is 0.944. The van der Waals surface area contributed by atoms with Crippen LogP contribution in [0.4, 0.5) is 17.1 Å². The van der Waals surface area contributed by atoms with Gasteiger partial charge in [-0.2, -0.15) is 0 Å². The van der Waals surface area contributed by atoms with Crippen LogP contribution >= 0.6 is 11.6 Å². The van der Waals surface area contributed by atoms with Crippen LogP contribution < -0.4 is 20.1 Å². The van der Waals surface area contributed by atoms with Crippen molar-refractivity contribution in [3.8, 4) is 11.5 Å². The number of halogens is 1. The summed E-state index contributed by atoms with van der Waals surface area (Å²) < 4.78 is 10.4. The van der Waals surface area contributed by atoms with Gasteiger partial charge in [-0.05, 0) is 54.6 Å². The fourth-order valence-corrected chi connectivity index (χ4v) is 2.58. The zero-order valence-corrected chi connectivity index (χ0v) is 15.6. The molecule has 1 heterocycles. The lowest BCUT2D eigenvalue weighted by molar-refractivity contribution is 0.102. The molecule has 0 fully saturated rings. The Morgan fingerprint density at radius 3 is 2.33 bits per heavy atom. The lowest BCUT2D eigenvalue weighted by Crippen LogP contribution is -2.14. The summed E-state index contributed by atoms with van der Waals surface area (Å²) in [5, 5.41) is 6.46. The molecule has 0 aliphatic heterocycles. The van der Waals surface area contributed by atoms with E-state index in [9.17, 15) is 4.79 Å². The molecule has 2 N–H and O–H groups in total. The van der Waals surface area contributed by atoms with Gasteiger partial charge in [-0.25, -0.2) is 4.98 Å². The minimum Gasteiger partial charge on any atom is -0.497 e. The molecule has 0 unspecified atom stereocenters. The first-order valence-corrected chi connectivity index (χ1v) is 8.49. The Morgan fingerprint density at radius 2 is 1.70 bits per heavy atom. The maximum Gasteiger partial charge on any atom is 0.274 e. The average Bonchev–Trinajstić information content (AvgIpc) is 2.69. The van der Waals surface area contributed by atoms with Crippen LogP contribution in [0.25, 0.3) is 0 Å². The molecule has 0 saturated carbocycles. The van der Waals surface area contributed by atoms with E-state index in [1.54, 1.807) is 43.6 Å². The molecule has 27 heavy (non-hydrogen) atoms. The van der Waals surface area contributed by atoms with Crippen molar-refractivity contribution in [3.05, 3.63) is 71.5 Å². The van der Waals surface area contributed by atoms with Gasteiger partial charge in [0, 0.05) is 10.7 Å². The number of nitrogens with one attached hydrogen (secondary N) is 2. The number of ether oxygens (including phenoxy) is 2. The number of amides is 1. The van der Waals surface area contributed by atoms with Gasteiger partial charge in [-0.3, -0.25) is 4.79 Å². The Labute approximate surface area is 162 Å². The van der Waals surface area contributed by atoms with Gasteiger partial charge in [0.2, 0.25) is 0 Å². The van der Waals surface area contributed by atoms with Crippen molar-refractivity contribution in [1.29, 1.82) is 0 Å². The van der Waals surface area contributed by atoms with Gasteiger partial charge in [0.25, 0.3) is 5.91 Å². The quantitative estimate of drug-likeness (QED) is 0.642. The van der Waals surface area contributed by atoms with E-state index in [0.29, 0.717) is 16.5 Å². The first-order chi connectivity index (χ1) is 13.1. The normalized spacial score (nSPS) is 10.2. The number of hydrogen-bond donors (Lipinski definition) is 2. The predicted molar refractivity (Wildman–Crippen MR) is 106 cm³/mol. The van der Waals surface area contributed by atoms with Crippen molar-refractivity contribution < 1.29 is 14.3 Å². The van der Waals surface area contributed by atoms with Crippen molar-refractivity contribution in [2.24, 2.45) is 0 Å². The number of carbonyl (C=O) groups excluding carboxylic acids is 1. The third-order valence-corrected chi connectivity index (χ3v) is 4.02. The highest BCUT2D eigenvalue weighted by molar-refractivity contribution is 6.31. The molecule has 7 heteroatoms. The van der Waals surface area contributed by atoms with Crippen LogP contribution in [0.3, 0.4) is 0 Å². The molecule has 3 rings (SSSR count). The van der Waals surface area contributed by atoms with Gasteiger partial charge >= 0.3 is 0 Å². The molecule has 0 atom stereocenters. The topological polar surface area (TPSA) is 72.5 Å². The van der Waals surface area contributed by atoms with E-state index >= 15 is 0 Å². The monoisotopic (exact) mass is 383 g/mol. The highest BCUT2D eigenvalue weighted by Gasteiger charge is 2.11. The Balaban J connectivity index is 1.69. The molecule has 1 aromatic heterocycles. The molecule has 1 amide bonds. The van der Waals surface area contributed by atoms with Crippen molar-refractivity contribution in [3.63, 3.8) is 0 Å². The number of pyridine rings is 1. The van der Waals surface area contributed by atoms with Crippen LogP contribution in [0, 0.1) is 0 Å². The van der Waals surface area contributed by atoms with Crippen molar-refractivity contribution in [2.75, 3.05) is 24.9 Å². The Hall–Kier alpha value is -3.25. The molecule has 0 spiro atoms. The summed E-state index contributed by atoms with van der Waals surface area (Å²) >= 11 is 5.98. The van der Waals surface area contributed by atoms with E-state index in [1.165, 1.54) is 7.11 Å². The zero-order chi connectivity index (χ0) is 19.2. The predicted octanol–water partition coefficient (Wildman–Crippen LogP) is 4.75. The second-order valence-corrected chi connectivity index (χ2v) is 6.02. The van der Waals surface area contributed by atoms with Crippen LogP contribution in [0.5, 0.6) is 11.5 Å². The number of carbonyl (C=O) groups is 1. The van der Waals surface area contributed by atoms with E-state index in [4.69, 9.17) is 21.1 Å². The maximum absolute atomic E-state index is 12.4. The summed E-state index contributed by atoms with van der Waals surface area (Å²) in [7, 11) is 3.14. The maximum atomic E-state index is 12.4. The highest BCUT2D eigenvalue weighted by Crippen LogP contribution is 2.28. The molecule has 3 aromatic rings.